The van der Waals surface area contributed by atoms with Gasteiger partial charge in [0, 0.05) is 37.7 Å². The summed E-state index contributed by atoms with van der Waals surface area (Å²) in [6, 6.07) is 5.58. The van der Waals surface area contributed by atoms with Gasteiger partial charge in [0.25, 0.3) is 11.5 Å². The Balaban J connectivity index is 1.67. The summed E-state index contributed by atoms with van der Waals surface area (Å²) < 4.78 is 0. The Bertz CT molecular complexity index is 847. The fraction of sp³-hybridized carbons (Fsp3) is 0.450. The zero-order chi connectivity index (χ0) is 17.9. The smallest absolute Gasteiger partial charge is 0.261 e. The van der Waals surface area contributed by atoms with Crippen LogP contribution in [0.3, 0.4) is 0 Å². The maximum absolute atomic E-state index is 13.2. The number of fused-ring (bicyclic) bond motifs is 1. The number of hydrogen-bond acceptors (Lipinski definition) is 4. The van der Waals surface area contributed by atoms with E-state index >= 15 is 0 Å². The molecule has 1 aliphatic heterocycles. The number of aromatic nitrogens is 2. The molecule has 2 aliphatic rings. The van der Waals surface area contributed by atoms with Gasteiger partial charge in [-0.15, -0.1) is 0 Å². The number of carbonyl (C=O) groups excluding carboxylic acids is 1. The van der Waals surface area contributed by atoms with Gasteiger partial charge in [-0.2, -0.15) is 0 Å². The Labute approximate surface area is 152 Å². The summed E-state index contributed by atoms with van der Waals surface area (Å²) in [7, 11) is 0. The van der Waals surface area contributed by atoms with E-state index in [9.17, 15) is 9.59 Å². The lowest BCUT2D eigenvalue weighted by molar-refractivity contribution is 0.0632. The van der Waals surface area contributed by atoms with E-state index in [1.54, 1.807) is 17.3 Å². The summed E-state index contributed by atoms with van der Waals surface area (Å²) >= 11 is 0. The van der Waals surface area contributed by atoms with E-state index in [4.69, 9.17) is 0 Å². The van der Waals surface area contributed by atoms with Crippen LogP contribution in [-0.2, 0) is 12.8 Å². The van der Waals surface area contributed by atoms with Gasteiger partial charge in [-0.05, 0) is 48.9 Å². The van der Waals surface area contributed by atoms with Gasteiger partial charge >= 0.3 is 0 Å². The number of nitrogens with one attached hydrogen (secondary N) is 2. The molecule has 3 heterocycles. The van der Waals surface area contributed by atoms with Crippen molar-refractivity contribution in [2.75, 3.05) is 19.6 Å². The summed E-state index contributed by atoms with van der Waals surface area (Å²) in [6.07, 6.45) is 8.71. The van der Waals surface area contributed by atoms with Gasteiger partial charge in [-0.1, -0.05) is 12.5 Å². The zero-order valence-electron chi connectivity index (χ0n) is 14.8. The van der Waals surface area contributed by atoms with Crippen LogP contribution in [0.5, 0.6) is 0 Å². The number of amides is 1. The van der Waals surface area contributed by atoms with Crippen molar-refractivity contribution in [1.82, 2.24) is 20.2 Å². The predicted octanol–water partition coefficient (Wildman–Crippen LogP) is 1.83. The van der Waals surface area contributed by atoms with E-state index in [0.717, 1.165) is 49.0 Å². The van der Waals surface area contributed by atoms with Gasteiger partial charge in [0.05, 0.1) is 6.04 Å². The molecule has 2 aromatic heterocycles. The molecule has 1 fully saturated rings. The highest BCUT2D eigenvalue weighted by atomic mass is 16.2. The Kier molecular flexibility index (Phi) is 4.84. The lowest BCUT2D eigenvalue weighted by atomic mass is 10.0. The number of piperazine rings is 1. The monoisotopic (exact) mass is 352 g/mol. The largest absolute Gasteiger partial charge is 0.329 e. The minimum absolute atomic E-state index is 0.108. The zero-order valence-corrected chi connectivity index (χ0v) is 14.8. The molecule has 26 heavy (non-hydrogen) atoms. The Hall–Kier alpha value is -2.47. The minimum atomic E-state index is -0.265. The molecule has 0 saturated carbocycles. The van der Waals surface area contributed by atoms with Crippen LogP contribution in [0.4, 0.5) is 0 Å². The van der Waals surface area contributed by atoms with Crippen LogP contribution in [0.25, 0.3) is 0 Å². The van der Waals surface area contributed by atoms with E-state index in [-0.39, 0.29) is 23.1 Å². The van der Waals surface area contributed by atoms with Crippen LogP contribution in [0.1, 0.15) is 52.5 Å². The normalized spacial score (nSPS) is 20.3. The third kappa shape index (κ3) is 3.29. The molecule has 6 heteroatoms. The summed E-state index contributed by atoms with van der Waals surface area (Å²) in [5.74, 6) is -0.186. The van der Waals surface area contributed by atoms with Gasteiger partial charge in [0.15, 0.2) is 0 Å². The van der Waals surface area contributed by atoms with Crippen LogP contribution < -0.4 is 10.9 Å². The fourth-order valence-corrected chi connectivity index (χ4v) is 3.98. The molecule has 2 N–H and O–H groups in total. The third-order valence-corrected chi connectivity index (χ3v) is 5.39. The SMILES string of the molecule is O=C(c1cc2c([nH]c1=O)CCCCC2)N1CCNCC1c1cccnc1. The highest BCUT2D eigenvalue weighted by Crippen LogP contribution is 2.24. The molecule has 1 atom stereocenters. The molecule has 1 saturated heterocycles. The topological polar surface area (TPSA) is 78.1 Å². The number of H-pyrrole nitrogens is 1. The molecule has 6 nitrogen and oxygen atoms in total. The van der Waals surface area contributed by atoms with Crippen molar-refractivity contribution < 1.29 is 4.79 Å². The molecule has 136 valence electrons. The average Bonchev–Trinajstić information content (AvgIpc) is 2.92. The molecule has 0 radical (unpaired) electrons. The van der Waals surface area contributed by atoms with Gasteiger partial charge in [-0.25, -0.2) is 0 Å². The molecule has 1 unspecified atom stereocenters. The number of hydrogen-bond donors (Lipinski definition) is 2. The molecule has 0 spiro atoms. The molecule has 4 rings (SSSR count). The van der Waals surface area contributed by atoms with E-state index in [1.165, 1.54) is 6.42 Å². The molecule has 1 aliphatic carbocycles. The van der Waals surface area contributed by atoms with Crippen LogP contribution in [-0.4, -0.2) is 40.4 Å². The van der Waals surface area contributed by atoms with E-state index in [1.807, 2.05) is 18.2 Å². The van der Waals surface area contributed by atoms with Crippen LogP contribution in [0, 0.1) is 0 Å². The second kappa shape index (κ2) is 7.41. The molecular weight excluding hydrogens is 328 g/mol. The Morgan fingerprint density at radius 2 is 2.12 bits per heavy atom. The predicted molar refractivity (Wildman–Crippen MR) is 99.2 cm³/mol. The maximum Gasteiger partial charge on any atom is 0.261 e. The molecule has 0 bridgehead atoms. The van der Waals surface area contributed by atoms with Crippen molar-refractivity contribution in [1.29, 1.82) is 0 Å². The van der Waals surface area contributed by atoms with E-state index in [0.29, 0.717) is 13.1 Å². The average molecular weight is 352 g/mol. The van der Waals surface area contributed by atoms with Crippen LogP contribution in [0.15, 0.2) is 35.4 Å². The first kappa shape index (κ1) is 17.0. The second-order valence-corrected chi connectivity index (χ2v) is 7.08. The van der Waals surface area contributed by atoms with E-state index in [2.05, 4.69) is 15.3 Å². The van der Waals surface area contributed by atoms with Crippen molar-refractivity contribution in [2.24, 2.45) is 0 Å². The lowest BCUT2D eigenvalue weighted by Gasteiger charge is -2.36. The fourth-order valence-electron chi connectivity index (χ4n) is 3.98. The quantitative estimate of drug-likeness (QED) is 0.808. The number of aromatic amines is 1. The number of nitrogens with zero attached hydrogens (tertiary/aromatic N) is 2. The third-order valence-electron chi connectivity index (χ3n) is 5.39. The number of aryl methyl sites for hydroxylation is 2. The minimum Gasteiger partial charge on any atom is -0.329 e. The molecule has 0 aromatic carbocycles. The van der Waals surface area contributed by atoms with E-state index < -0.39 is 0 Å². The Morgan fingerprint density at radius 1 is 1.23 bits per heavy atom. The highest BCUT2D eigenvalue weighted by molar-refractivity contribution is 5.94. The van der Waals surface area contributed by atoms with Crippen molar-refractivity contribution in [3.8, 4) is 0 Å². The highest BCUT2D eigenvalue weighted by Gasteiger charge is 2.30. The van der Waals surface area contributed by atoms with Crippen LogP contribution >= 0.6 is 0 Å². The number of carbonyl (C=O) groups is 1. The first-order valence-electron chi connectivity index (χ1n) is 9.41. The van der Waals surface area contributed by atoms with Gasteiger partial charge in [0.1, 0.15) is 5.56 Å². The summed E-state index contributed by atoms with van der Waals surface area (Å²) in [5.41, 5.74) is 3.12. The summed E-state index contributed by atoms with van der Waals surface area (Å²) in [5, 5.41) is 3.33. The summed E-state index contributed by atoms with van der Waals surface area (Å²) in [6.45, 7) is 1.97. The Morgan fingerprint density at radius 3 is 2.96 bits per heavy atom. The summed E-state index contributed by atoms with van der Waals surface area (Å²) in [4.78, 5) is 34.8. The number of pyridine rings is 2. The first-order valence-corrected chi connectivity index (χ1v) is 9.41. The first-order chi connectivity index (χ1) is 12.7. The van der Waals surface area contributed by atoms with Crippen molar-refractivity contribution >= 4 is 5.91 Å². The molecular formula is C20H24N4O2. The maximum atomic E-state index is 13.2. The lowest BCUT2D eigenvalue weighted by Crippen LogP contribution is -2.49. The van der Waals surface area contributed by atoms with Crippen LogP contribution in [0.2, 0.25) is 0 Å². The van der Waals surface area contributed by atoms with Gasteiger partial charge in [-0.3, -0.25) is 14.6 Å². The molecule has 1 amide bonds. The standard InChI is InChI=1S/C20H24N4O2/c25-19-16(11-14-5-2-1-3-7-17(14)23-19)20(26)24-10-9-22-13-18(24)15-6-4-8-21-12-15/h4,6,8,11-12,18,22H,1-3,5,7,9-10,13H2,(H,23,25). The van der Waals surface area contributed by atoms with Crippen molar-refractivity contribution in [2.45, 2.75) is 38.1 Å². The molecule has 2 aromatic rings. The number of rotatable bonds is 2. The van der Waals surface area contributed by atoms with Gasteiger partial charge in [0.2, 0.25) is 0 Å². The van der Waals surface area contributed by atoms with Gasteiger partial charge < -0.3 is 15.2 Å². The van der Waals surface area contributed by atoms with Crippen molar-refractivity contribution in [3.63, 3.8) is 0 Å². The van der Waals surface area contributed by atoms with Crippen molar-refractivity contribution in [3.05, 3.63) is 63.3 Å². The second-order valence-electron chi connectivity index (χ2n) is 7.08.